The Labute approximate surface area is 71.8 Å². The molecule has 0 fully saturated rings. The Balaban J connectivity index is 2.40. The standard InChI is InChI=1S/C9H11N3/c1-7-3-8-4-10-6-12(2)9(8)5-11-7/h4-6H,3H2,1-2H3. The number of hydrogen-bond acceptors (Lipinski definition) is 3. The Hall–Kier alpha value is -1.38. The van der Waals surface area contributed by atoms with Crippen LogP contribution in [0.15, 0.2) is 33.7 Å². The Kier molecular flexibility index (Phi) is 1.57. The maximum atomic E-state index is 4.28. The molecule has 0 spiro atoms. The van der Waals surface area contributed by atoms with E-state index in [0.717, 1.165) is 17.8 Å². The minimum absolute atomic E-state index is 0.924. The second-order valence-corrected chi connectivity index (χ2v) is 3.09. The Morgan fingerprint density at radius 1 is 1.42 bits per heavy atom. The van der Waals surface area contributed by atoms with Gasteiger partial charge in [0, 0.05) is 31.0 Å². The predicted molar refractivity (Wildman–Crippen MR) is 50.1 cm³/mol. The van der Waals surface area contributed by atoms with Crippen LogP contribution in [-0.4, -0.2) is 24.0 Å². The van der Waals surface area contributed by atoms with Crippen LogP contribution in [0.1, 0.15) is 13.3 Å². The molecule has 2 aliphatic rings. The molecule has 0 radical (unpaired) electrons. The van der Waals surface area contributed by atoms with Crippen LogP contribution >= 0.6 is 0 Å². The van der Waals surface area contributed by atoms with Crippen LogP contribution in [0.4, 0.5) is 0 Å². The van der Waals surface area contributed by atoms with Gasteiger partial charge in [-0.25, -0.2) is 4.99 Å². The number of aliphatic imine (C=N–C) groups is 2. The molecule has 0 saturated carbocycles. The molecule has 0 bridgehead atoms. The summed E-state index contributed by atoms with van der Waals surface area (Å²) in [6.07, 6.45) is 6.53. The van der Waals surface area contributed by atoms with E-state index < -0.39 is 0 Å². The van der Waals surface area contributed by atoms with Crippen LogP contribution in [-0.2, 0) is 0 Å². The summed E-state index contributed by atoms with van der Waals surface area (Å²) in [7, 11) is 1.98. The van der Waals surface area contributed by atoms with Crippen LogP contribution < -0.4 is 0 Å². The van der Waals surface area contributed by atoms with E-state index in [1.54, 1.807) is 6.34 Å². The van der Waals surface area contributed by atoms with Crippen LogP contribution in [0, 0.1) is 0 Å². The first-order valence-electron chi connectivity index (χ1n) is 3.96. The van der Waals surface area contributed by atoms with Crippen LogP contribution in [0.3, 0.4) is 0 Å². The van der Waals surface area contributed by atoms with Gasteiger partial charge in [-0.05, 0) is 6.92 Å². The zero-order valence-corrected chi connectivity index (χ0v) is 7.28. The summed E-state index contributed by atoms with van der Waals surface area (Å²) in [4.78, 5) is 10.4. The molecule has 62 valence electrons. The Morgan fingerprint density at radius 2 is 2.25 bits per heavy atom. The highest BCUT2D eigenvalue weighted by Gasteiger charge is 2.15. The van der Waals surface area contributed by atoms with Crippen molar-refractivity contribution in [3.8, 4) is 0 Å². The van der Waals surface area contributed by atoms with Crippen LogP contribution in [0.2, 0.25) is 0 Å². The Bertz CT molecular complexity index is 321. The first-order chi connectivity index (χ1) is 5.77. The molecule has 0 amide bonds. The zero-order valence-electron chi connectivity index (χ0n) is 7.28. The Morgan fingerprint density at radius 3 is 3.08 bits per heavy atom. The summed E-state index contributed by atoms with van der Waals surface area (Å²) in [5.74, 6) is 0. The van der Waals surface area contributed by atoms with Gasteiger partial charge in [-0.3, -0.25) is 4.99 Å². The van der Waals surface area contributed by atoms with Gasteiger partial charge in [-0.1, -0.05) is 0 Å². The zero-order chi connectivity index (χ0) is 8.55. The van der Waals surface area contributed by atoms with Gasteiger partial charge in [0.05, 0.1) is 18.2 Å². The highest BCUT2D eigenvalue weighted by atomic mass is 15.2. The van der Waals surface area contributed by atoms with Crippen molar-refractivity contribution < 1.29 is 0 Å². The molecule has 0 unspecified atom stereocenters. The summed E-state index contributed by atoms with van der Waals surface area (Å²) in [5.41, 5.74) is 3.57. The maximum Gasteiger partial charge on any atom is 0.0947 e. The highest BCUT2D eigenvalue weighted by molar-refractivity contribution is 5.87. The molecule has 0 aliphatic carbocycles. The molecule has 0 aromatic rings. The van der Waals surface area contributed by atoms with Crippen molar-refractivity contribution in [3.63, 3.8) is 0 Å². The van der Waals surface area contributed by atoms with E-state index in [0.29, 0.717) is 0 Å². The molecule has 0 N–H and O–H groups in total. The van der Waals surface area contributed by atoms with Crippen molar-refractivity contribution in [1.82, 2.24) is 4.90 Å². The predicted octanol–water partition coefficient (Wildman–Crippen LogP) is 1.55. The van der Waals surface area contributed by atoms with Crippen molar-refractivity contribution in [1.29, 1.82) is 0 Å². The van der Waals surface area contributed by atoms with Crippen LogP contribution in [0.25, 0.3) is 0 Å². The third-order valence-electron chi connectivity index (χ3n) is 2.03. The smallest absolute Gasteiger partial charge is 0.0947 e. The van der Waals surface area contributed by atoms with Gasteiger partial charge in [0.1, 0.15) is 0 Å². The normalized spacial score (nSPS) is 21.2. The first-order valence-corrected chi connectivity index (χ1v) is 3.96. The molecule has 2 rings (SSSR count). The second kappa shape index (κ2) is 2.59. The van der Waals surface area contributed by atoms with Crippen molar-refractivity contribution in [2.45, 2.75) is 13.3 Å². The lowest BCUT2D eigenvalue weighted by Crippen LogP contribution is -2.22. The topological polar surface area (TPSA) is 28.0 Å². The molecular formula is C9H11N3. The number of hydrogen-bond donors (Lipinski definition) is 0. The van der Waals surface area contributed by atoms with Gasteiger partial charge in [0.25, 0.3) is 0 Å². The molecule has 0 aromatic heterocycles. The van der Waals surface area contributed by atoms with Gasteiger partial charge in [-0.15, -0.1) is 0 Å². The maximum absolute atomic E-state index is 4.28. The first kappa shape index (κ1) is 7.28. The second-order valence-electron chi connectivity index (χ2n) is 3.09. The van der Waals surface area contributed by atoms with Crippen molar-refractivity contribution in [2.75, 3.05) is 7.05 Å². The number of rotatable bonds is 0. The van der Waals surface area contributed by atoms with Crippen molar-refractivity contribution in [3.05, 3.63) is 23.7 Å². The van der Waals surface area contributed by atoms with E-state index in [1.807, 2.05) is 31.3 Å². The summed E-state index contributed by atoms with van der Waals surface area (Å²) in [6, 6.07) is 0. The fraction of sp³-hybridized carbons (Fsp3) is 0.333. The SMILES string of the molecule is CC1=NC=C2C(=CN=CN2C)C1. The molecule has 2 aliphatic heterocycles. The lowest BCUT2D eigenvalue weighted by Gasteiger charge is -2.24. The number of likely N-dealkylation sites (N-methyl/N-ethyl adjacent to an activating group) is 1. The summed E-state index contributed by atoms with van der Waals surface area (Å²) < 4.78 is 0. The van der Waals surface area contributed by atoms with Gasteiger partial charge >= 0.3 is 0 Å². The van der Waals surface area contributed by atoms with E-state index in [-0.39, 0.29) is 0 Å². The minimum atomic E-state index is 0.924. The third kappa shape index (κ3) is 1.07. The molecular weight excluding hydrogens is 150 g/mol. The average molecular weight is 161 g/mol. The van der Waals surface area contributed by atoms with E-state index in [9.17, 15) is 0 Å². The highest BCUT2D eigenvalue weighted by Crippen LogP contribution is 2.23. The molecule has 3 heteroatoms. The lowest BCUT2D eigenvalue weighted by atomic mass is 10.0. The fourth-order valence-electron chi connectivity index (χ4n) is 1.38. The van der Waals surface area contributed by atoms with E-state index in [4.69, 9.17) is 0 Å². The van der Waals surface area contributed by atoms with E-state index in [1.165, 1.54) is 5.57 Å². The molecule has 0 atom stereocenters. The molecule has 2 heterocycles. The lowest BCUT2D eigenvalue weighted by molar-refractivity contribution is 0.637. The average Bonchev–Trinajstić information content (AvgIpc) is 2.04. The fourth-order valence-corrected chi connectivity index (χ4v) is 1.38. The van der Waals surface area contributed by atoms with Crippen molar-refractivity contribution in [2.24, 2.45) is 9.98 Å². The van der Waals surface area contributed by atoms with Gasteiger partial charge in [-0.2, -0.15) is 0 Å². The minimum Gasteiger partial charge on any atom is -0.334 e. The third-order valence-corrected chi connectivity index (χ3v) is 2.03. The van der Waals surface area contributed by atoms with Gasteiger partial charge in [0.15, 0.2) is 0 Å². The molecule has 0 saturated heterocycles. The monoisotopic (exact) mass is 161 g/mol. The summed E-state index contributed by atoms with van der Waals surface area (Å²) in [5, 5.41) is 0. The molecule has 12 heavy (non-hydrogen) atoms. The largest absolute Gasteiger partial charge is 0.334 e. The summed E-state index contributed by atoms with van der Waals surface area (Å²) >= 11 is 0. The van der Waals surface area contributed by atoms with E-state index in [2.05, 4.69) is 9.98 Å². The number of fused-ring (bicyclic) bond motifs is 1. The van der Waals surface area contributed by atoms with Crippen molar-refractivity contribution >= 4 is 12.1 Å². The molecule has 3 nitrogen and oxygen atoms in total. The van der Waals surface area contributed by atoms with E-state index >= 15 is 0 Å². The number of allylic oxidation sites excluding steroid dienone is 1. The van der Waals surface area contributed by atoms with Crippen LogP contribution in [0.5, 0.6) is 0 Å². The van der Waals surface area contributed by atoms with Gasteiger partial charge in [0.2, 0.25) is 0 Å². The summed E-state index contributed by atoms with van der Waals surface area (Å²) in [6.45, 7) is 2.03. The number of nitrogens with zero attached hydrogens (tertiary/aromatic N) is 3. The molecule has 0 aromatic carbocycles. The quantitative estimate of drug-likeness (QED) is 0.529. The van der Waals surface area contributed by atoms with Gasteiger partial charge < -0.3 is 4.90 Å².